The minimum absolute atomic E-state index is 0.00799. The van der Waals surface area contributed by atoms with E-state index in [2.05, 4.69) is 34.6 Å². The number of Topliss-reactive ketones (excluding diaryl/α,β-unsaturated/α-hetero) is 1. The van der Waals surface area contributed by atoms with Crippen LogP contribution in [-0.4, -0.2) is 24.8 Å². The lowest BCUT2D eigenvalue weighted by atomic mass is 9.43. The molecule has 1 aromatic rings. The van der Waals surface area contributed by atoms with Crippen LogP contribution in [0.1, 0.15) is 104 Å². The minimum Gasteiger partial charge on any atom is -0.469 e. The highest BCUT2D eigenvalue weighted by Gasteiger charge is 2.64. The molecule has 6 atom stereocenters. The van der Waals surface area contributed by atoms with Crippen molar-refractivity contribution in [2.45, 2.75) is 105 Å². The van der Waals surface area contributed by atoms with Gasteiger partial charge in [0.1, 0.15) is 12.4 Å². The Bertz CT molecular complexity index is 1200. The Morgan fingerprint density at radius 2 is 1.65 bits per heavy atom. The molecule has 5 rings (SSSR count). The smallest absolute Gasteiger partial charge is 0.309 e. The number of fused-ring (bicyclic) bond motifs is 4. The van der Waals surface area contributed by atoms with Crippen LogP contribution < -0.4 is 0 Å². The average Bonchev–Trinajstić information content (AvgIpc) is 3.21. The van der Waals surface area contributed by atoms with Crippen molar-refractivity contribution in [1.82, 2.24) is 0 Å². The summed E-state index contributed by atoms with van der Waals surface area (Å²) in [7, 11) is 1.41. The quantitative estimate of drug-likeness (QED) is 0.259. The van der Waals surface area contributed by atoms with Crippen molar-refractivity contribution in [3.63, 3.8) is 0 Å². The summed E-state index contributed by atoms with van der Waals surface area (Å²) in [6.07, 6.45) is 8.52. The van der Waals surface area contributed by atoms with E-state index in [1.807, 2.05) is 30.3 Å². The van der Waals surface area contributed by atoms with Gasteiger partial charge in [-0.3, -0.25) is 14.4 Å². The Morgan fingerprint density at radius 1 is 0.925 bits per heavy atom. The van der Waals surface area contributed by atoms with Gasteiger partial charge in [-0.05, 0) is 85.0 Å². The van der Waals surface area contributed by atoms with E-state index in [0.717, 1.165) is 50.5 Å². The number of allylic oxidation sites excluding steroid dienone is 2. The number of methoxy groups -OCH3 is 1. The van der Waals surface area contributed by atoms with Gasteiger partial charge in [0.05, 0.1) is 13.0 Å². The lowest BCUT2D eigenvalue weighted by Gasteiger charge is -2.60. The molecule has 5 heteroatoms. The van der Waals surface area contributed by atoms with E-state index in [-0.39, 0.29) is 58.5 Å². The first-order chi connectivity index (χ1) is 18.9. The molecule has 0 heterocycles. The van der Waals surface area contributed by atoms with Gasteiger partial charge in [-0.1, -0.05) is 76.1 Å². The van der Waals surface area contributed by atoms with Gasteiger partial charge in [0.15, 0.2) is 0 Å². The van der Waals surface area contributed by atoms with Crippen molar-refractivity contribution >= 4 is 17.7 Å². The number of rotatable bonds is 7. The highest BCUT2D eigenvalue weighted by Crippen LogP contribution is 2.72. The highest BCUT2D eigenvalue weighted by molar-refractivity contribution is 5.86. The van der Waals surface area contributed by atoms with Gasteiger partial charge in [0.2, 0.25) is 0 Å². The van der Waals surface area contributed by atoms with Crippen molar-refractivity contribution in [3.05, 3.63) is 47.0 Å². The molecular weight excluding hydrogens is 500 g/mol. The first-order valence-corrected chi connectivity index (χ1v) is 15.4. The summed E-state index contributed by atoms with van der Waals surface area (Å²) in [5, 5.41) is 0. The molecule has 0 N–H and O–H groups in total. The third-order valence-electron chi connectivity index (χ3n) is 12.5. The van der Waals surface area contributed by atoms with Gasteiger partial charge in [0, 0.05) is 18.3 Å². The highest BCUT2D eigenvalue weighted by atomic mass is 16.5. The van der Waals surface area contributed by atoms with Crippen LogP contribution in [0.15, 0.2) is 41.5 Å². The second-order valence-electron chi connectivity index (χ2n) is 14.3. The summed E-state index contributed by atoms with van der Waals surface area (Å²) >= 11 is 0. The molecule has 4 aliphatic rings. The molecule has 0 aromatic heterocycles. The van der Waals surface area contributed by atoms with E-state index < -0.39 is 0 Å². The molecule has 0 saturated heterocycles. The predicted octanol–water partition coefficient (Wildman–Crippen LogP) is 7.62. The SMILES string of the molecule is COC(=O)CC[C@H](C(=O)OCc1ccccc1)[C@@H]1CC[C@]2(C)C3=C(CC[C@@]12C)[C@@]1(C)CCC(=O)C(C)(C)[C@@H]1CC3. The number of carbonyl (C=O) groups excluding carboxylic acids is 3. The Morgan fingerprint density at radius 3 is 2.35 bits per heavy atom. The molecule has 4 aliphatic carbocycles. The van der Waals surface area contributed by atoms with E-state index in [0.29, 0.717) is 24.5 Å². The molecule has 0 aliphatic heterocycles. The van der Waals surface area contributed by atoms with Crippen LogP contribution in [0.3, 0.4) is 0 Å². The minimum atomic E-state index is -0.338. The number of carbonyl (C=O) groups is 3. The predicted molar refractivity (Wildman–Crippen MR) is 155 cm³/mol. The van der Waals surface area contributed by atoms with E-state index in [1.54, 1.807) is 11.1 Å². The van der Waals surface area contributed by atoms with E-state index >= 15 is 0 Å². The van der Waals surface area contributed by atoms with Crippen LogP contribution in [0, 0.1) is 39.4 Å². The lowest BCUT2D eigenvalue weighted by Crippen LogP contribution is -2.54. The number of benzene rings is 1. The normalized spacial score (nSPS) is 35.3. The second kappa shape index (κ2) is 10.4. The number of esters is 2. The topological polar surface area (TPSA) is 69.7 Å². The molecule has 0 spiro atoms. The van der Waals surface area contributed by atoms with Gasteiger partial charge >= 0.3 is 11.9 Å². The van der Waals surface area contributed by atoms with Gasteiger partial charge < -0.3 is 9.47 Å². The summed E-state index contributed by atoms with van der Waals surface area (Å²) < 4.78 is 10.9. The van der Waals surface area contributed by atoms with Crippen molar-refractivity contribution in [2.75, 3.05) is 7.11 Å². The van der Waals surface area contributed by atoms with Crippen molar-refractivity contribution in [2.24, 2.45) is 39.4 Å². The number of ether oxygens (including phenoxy) is 2. The fourth-order valence-corrected chi connectivity index (χ4v) is 9.87. The van der Waals surface area contributed by atoms with Crippen LogP contribution in [0.2, 0.25) is 0 Å². The van der Waals surface area contributed by atoms with Crippen molar-refractivity contribution in [3.8, 4) is 0 Å². The Kier molecular flexibility index (Phi) is 7.59. The summed E-state index contributed by atoms with van der Waals surface area (Å²) in [6.45, 7) is 11.9. The van der Waals surface area contributed by atoms with Crippen LogP contribution in [0.25, 0.3) is 0 Å². The zero-order valence-electron chi connectivity index (χ0n) is 25.4. The van der Waals surface area contributed by atoms with E-state index in [9.17, 15) is 14.4 Å². The van der Waals surface area contributed by atoms with Crippen LogP contribution >= 0.6 is 0 Å². The zero-order valence-corrected chi connectivity index (χ0v) is 25.4. The fraction of sp³-hybridized carbons (Fsp3) is 0.686. The Balaban J connectivity index is 1.45. The molecule has 2 saturated carbocycles. The molecular formula is C35H48O5. The maximum absolute atomic E-state index is 13.7. The van der Waals surface area contributed by atoms with Gasteiger partial charge in [-0.25, -0.2) is 0 Å². The number of hydrogen-bond acceptors (Lipinski definition) is 5. The summed E-state index contributed by atoms with van der Waals surface area (Å²) in [5.74, 6) is 0.164. The van der Waals surface area contributed by atoms with E-state index in [1.165, 1.54) is 7.11 Å². The molecule has 0 amide bonds. The molecule has 0 bridgehead atoms. The van der Waals surface area contributed by atoms with Gasteiger partial charge in [0.25, 0.3) is 0 Å². The third kappa shape index (κ3) is 4.47. The summed E-state index contributed by atoms with van der Waals surface area (Å²) in [6, 6.07) is 9.80. The Labute approximate surface area is 240 Å². The van der Waals surface area contributed by atoms with Gasteiger partial charge in [-0.15, -0.1) is 0 Å². The average molecular weight is 549 g/mol. The summed E-state index contributed by atoms with van der Waals surface area (Å²) in [5.41, 5.74) is 3.98. The standard InChI is InChI=1S/C35H48O5/c1-32(2)28-14-13-27-26(33(28,3)19-18-29(32)36)17-21-34(4)25(16-20-35(27,34)5)24(12-15-30(37)39-6)31(38)40-22-23-10-8-7-9-11-23/h7-11,24-25,28H,12-22H2,1-6H3/t24-,25-,28-,33+,34-,35+/m0/s1. The monoisotopic (exact) mass is 548 g/mol. The largest absolute Gasteiger partial charge is 0.469 e. The van der Waals surface area contributed by atoms with Crippen molar-refractivity contribution in [1.29, 1.82) is 0 Å². The van der Waals surface area contributed by atoms with Gasteiger partial charge in [-0.2, -0.15) is 0 Å². The van der Waals surface area contributed by atoms with Crippen LogP contribution in [0.5, 0.6) is 0 Å². The number of ketones is 1. The molecule has 40 heavy (non-hydrogen) atoms. The molecule has 5 nitrogen and oxygen atoms in total. The fourth-order valence-electron chi connectivity index (χ4n) is 9.87. The molecule has 0 unspecified atom stereocenters. The molecule has 2 fully saturated rings. The zero-order chi connectivity index (χ0) is 28.9. The van der Waals surface area contributed by atoms with E-state index in [4.69, 9.17) is 9.47 Å². The maximum Gasteiger partial charge on any atom is 0.309 e. The second-order valence-corrected chi connectivity index (χ2v) is 14.3. The molecule has 0 radical (unpaired) electrons. The van der Waals surface area contributed by atoms with Crippen LogP contribution in [0.4, 0.5) is 0 Å². The van der Waals surface area contributed by atoms with Crippen LogP contribution in [-0.2, 0) is 30.5 Å². The first-order valence-electron chi connectivity index (χ1n) is 15.4. The first kappa shape index (κ1) is 29.1. The number of hydrogen-bond donors (Lipinski definition) is 0. The third-order valence-corrected chi connectivity index (χ3v) is 12.5. The van der Waals surface area contributed by atoms with Crippen molar-refractivity contribution < 1.29 is 23.9 Å². The molecule has 218 valence electrons. The molecule has 1 aromatic carbocycles. The maximum atomic E-state index is 13.7. The lowest BCUT2D eigenvalue weighted by molar-refractivity contribution is -0.155. The Hall–Kier alpha value is -2.43. The summed E-state index contributed by atoms with van der Waals surface area (Å²) in [4.78, 5) is 38.9.